The van der Waals surface area contributed by atoms with Crippen molar-refractivity contribution in [2.75, 3.05) is 19.7 Å². The van der Waals surface area contributed by atoms with E-state index in [4.69, 9.17) is 5.11 Å². The summed E-state index contributed by atoms with van der Waals surface area (Å²) in [6.07, 6.45) is 1.81. The zero-order valence-corrected chi connectivity index (χ0v) is 11.3. The Hall–Kier alpha value is -2.39. The monoisotopic (exact) mass is 275 g/mol. The van der Waals surface area contributed by atoms with E-state index >= 15 is 0 Å². The maximum Gasteiger partial charge on any atom is 0.271 e. The first-order valence-electron chi connectivity index (χ1n) is 6.28. The molecule has 20 heavy (non-hydrogen) atoms. The molecule has 0 spiro atoms. The van der Waals surface area contributed by atoms with E-state index in [2.05, 4.69) is 27.5 Å². The lowest BCUT2D eigenvalue weighted by Gasteiger charge is -2.06. The average Bonchev–Trinajstić information content (AvgIpc) is 2.46. The molecule has 1 heterocycles. The molecule has 0 aliphatic carbocycles. The standard InChI is InChI=1S/C14H17N3O3/c1-2-15-12(19)10-17-14(20)13-11(6-3-4-9-18)7-5-8-16-13/h5,7-8,18H,2,4,9-10H2,1H3,(H,15,19)(H,17,20). The van der Waals surface area contributed by atoms with Crippen LogP contribution in [-0.2, 0) is 4.79 Å². The van der Waals surface area contributed by atoms with Gasteiger partial charge in [-0.1, -0.05) is 11.8 Å². The van der Waals surface area contributed by atoms with Crippen molar-refractivity contribution in [1.82, 2.24) is 15.6 Å². The molecule has 0 aromatic carbocycles. The number of nitrogens with one attached hydrogen (secondary N) is 2. The molecule has 0 saturated carbocycles. The van der Waals surface area contributed by atoms with Crippen LogP contribution in [0, 0.1) is 11.8 Å². The number of rotatable bonds is 5. The molecule has 1 aromatic rings. The van der Waals surface area contributed by atoms with E-state index in [1.807, 2.05) is 0 Å². The van der Waals surface area contributed by atoms with Gasteiger partial charge in [-0.05, 0) is 19.1 Å². The van der Waals surface area contributed by atoms with Crippen LogP contribution in [0.4, 0.5) is 0 Å². The number of carbonyl (C=O) groups is 2. The molecule has 0 unspecified atom stereocenters. The average molecular weight is 275 g/mol. The van der Waals surface area contributed by atoms with E-state index in [1.165, 1.54) is 6.20 Å². The zero-order valence-electron chi connectivity index (χ0n) is 11.3. The summed E-state index contributed by atoms with van der Waals surface area (Å²) in [5.41, 5.74) is 0.636. The number of carbonyl (C=O) groups excluding carboxylic acids is 2. The predicted molar refractivity (Wildman–Crippen MR) is 73.8 cm³/mol. The van der Waals surface area contributed by atoms with Gasteiger partial charge in [-0.15, -0.1) is 0 Å². The van der Waals surface area contributed by atoms with Gasteiger partial charge in [0.1, 0.15) is 5.69 Å². The van der Waals surface area contributed by atoms with Crippen molar-refractivity contribution in [3.8, 4) is 11.8 Å². The minimum absolute atomic E-state index is 0.0357. The van der Waals surface area contributed by atoms with E-state index in [0.29, 0.717) is 18.5 Å². The summed E-state index contributed by atoms with van der Waals surface area (Å²) in [7, 11) is 0. The van der Waals surface area contributed by atoms with Gasteiger partial charge < -0.3 is 15.7 Å². The van der Waals surface area contributed by atoms with Crippen LogP contribution < -0.4 is 10.6 Å². The summed E-state index contributed by atoms with van der Waals surface area (Å²) < 4.78 is 0. The summed E-state index contributed by atoms with van der Waals surface area (Å²) in [5, 5.41) is 13.7. The van der Waals surface area contributed by atoms with Crippen molar-refractivity contribution in [1.29, 1.82) is 0 Å². The third kappa shape index (κ3) is 5.08. The molecule has 0 saturated heterocycles. The Kier molecular flexibility index (Phi) is 6.79. The molecule has 1 aromatic heterocycles. The summed E-state index contributed by atoms with van der Waals surface area (Å²) in [5.74, 6) is 4.79. The lowest BCUT2D eigenvalue weighted by atomic mass is 10.2. The van der Waals surface area contributed by atoms with Crippen molar-refractivity contribution in [2.45, 2.75) is 13.3 Å². The molecule has 1 rings (SSSR count). The number of pyridine rings is 1. The number of aromatic nitrogens is 1. The van der Waals surface area contributed by atoms with Gasteiger partial charge in [0.25, 0.3) is 5.91 Å². The first-order chi connectivity index (χ1) is 9.69. The predicted octanol–water partition coefficient (Wildman–Crippen LogP) is -0.319. The maximum atomic E-state index is 11.9. The first-order valence-corrected chi connectivity index (χ1v) is 6.28. The van der Waals surface area contributed by atoms with Crippen molar-refractivity contribution >= 4 is 11.8 Å². The van der Waals surface area contributed by atoms with Crippen LogP contribution in [0.25, 0.3) is 0 Å². The summed E-state index contributed by atoms with van der Waals surface area (Å²) in [6.45, 7) is 2.17. The van der Waals surface area contributed by atoms with Crippen LogP contribution in [0.5, 0.6) is 0 Å². The second-order valence-electron chi connectivity index (χ2n) is 3.81. The van der Waals surface area contributed by atoms with Gasteiger partial charge >= 0.3 is 0 Å². The van der Waals surface area contributed by atoms with Crippen LogP contribution in [0.3, 0.4) is 0 Å². The smallest absolute Gasteiger partial charge is 0.271 e. The molecule has 0 atom stereocenters. The number of aliphatic hydroxyl groups is 1. The molecule has 3 N–H and O–H groups in total. The fraction of sp³-hybridized carbons (Fsp3) is 0.357. The molecule has 0 aliphatic heterocycles. The minimum Gasteiger partial charge on any atom is -0.395 e. The molecule has 0 radical (unpaired) electrons. The molecule has 0 aliphatic rings. The van der Waals surface area contributed by atoms with Crippen LogP contribution in [0.2, 0.25) is 0 Å². The number of amides is 2. The topological polar surface area (TPSA) is 91.3 Å². The van der Waals surface area contributed by atoms with Gasteiger partial charge in [0.05, 0.1) is 18.7 Å². The van der Waals surface area contributed by atoms with Crippen molar-refractivity contribution in [2.24, 2.45) is 0 Å². The number of hydrogen-bond donors (Lipinski definition) is 3. The fourth-order valence-electron chi connectivity index (χ4n) is 1.40. The number of nitrogens with zero attached hydrogens (tertiary/aromatic N) is 1. The molecule has 0 bridgehead atoms. The van der Waals surface area contributed by atoms with Gasteiger partial charge in [-0.25, -0.2) is 4.98 Å². The van der Waals surface area contributed by atoms with E-state index in [0.717, 1.165) is 0 Å². The zero-order chi connectivity index (χ0) is 14.8. The Bertz CT molecular complexity index is 532. The number of hydrogen-bond acceptors (Lipinski definition) is 4. The number of likely N-dealkylation sites (N-methyl/N-ethyl adjacent to an activating group) is 1. The highest BCUT2D eigenvalue weighted by Crippen LogP contribution is 2.03. The molecular weight excluding hydrogens is 258 g/mol. The highest BCUT2D eigenvalue weighted by atomic mass is 16.2. The summed E-state index contributed by atoms with van der Waals surface area (Å²) in [6, 6.07) is 3.34. The Morgan fingerprint density at radius 3 is 2.90 bits per heavy atom. The molecule has 6 nitrogen and oxygen atoms in total. The third-order valence-electron chi connectivity index (χ3n) is 2.27. The fourth-order valence-corrected chi connectivity index (χ4v) is 1.40. The Labute approximate surface area is 117 Å². The minimum atomic E-state index is -0.454. The Morgan fingerprint density at radius 2 is 2.20 bits per heavy atom. The van der Waals surface area contributed by atoms with Gasteiger partial charge in [0.2, 0.25) is 5.91 Å². The van der Waals surface area contributed by atoms with Gasteiger partial charge in [-0.2, -0.15) is 0 Å². The Morgan fingerprint density at radius 1 is 1.40 bits per heavy atom. The third-order valence-corrected chi connectivity index (χ3v) is 2.27. The lowest BCUT2D eigenvalue weighted by molar-refractivity contribution is -0.120. The largest absolute Gasteiger partial charge is 0.395 e. The van der Waals surface area contributed by atoms with Gasteiger partial charge in [0.15, 0.2) is 0 Å². The summed E-state index contributed by atoms with van der Waals surface area (Å²) in [4.78, 5) is 27.2. The maximum absolute atomic E-state index is 11.9. The van der Waals surface area contributed by atoms with Crippen LogP contribution in [0.15, 0.2) is 18.3 Å². The van der Waals surface area contributed by atoms with Gasteiger partial charge in [-0.3, -0.25) is 9.59 Å². The highest BCUT2D eigenvalue weighted by molar-refractivity contribution is 5.96. The normalized spacial score (nSPS) is 9.30. The Balaban J connectivity index is 2.73. The molecule has 2 amide bonds. The lowest BCUT2D eigenvalue weighted by Crippen LogP contribution is -2.37. The van der Waals surface area contributed by atoms with E-state index in [-0.39, 0.29) is 24.8 Å². The quantitative estimate of drug-likeness (QED) is 0.642. The SMILES string of the molecule is CCNC(=O)CNC(=O)c1ncccc1C#CCCO. The molecule has 6 heteroatoms. The van der Waals surface area contributed by atoms with Gasteiger partial charge in [0, 0.05) is 19.2 Å². The van der Waals surface area contributed by atoms with Crippen molar-refractivity contribution < 1.29 is 14.7 Å². The van der Waals surface area contributed by atoms with Crippen molar-refractivity contribution in [3.63, 3.8) is 0 Å². The number of aliphatic hydroxyl groups excluding tert-OH is 1. The van der Waals surface area contributed by atoms with E-state index in [9.17, 15) is 9.59 Å². The molecular formula is C14H17N3O3. The second-order valence-corrected chi connectivity index (χ2v) is 3.81. The molecule has 0 fully saturated rings. The highest BCUT2D eigenvalue weighted by Gasteiger charge is 2.12. The van der Waals surface area contributed by atoms with Crippen LogP contribution in [-0.4, -0.2) is 41.6 Å². The second kappa shape index (κ2) is 8.67. The molecule has 106 valence electrons. The van der Waals surface area contributed by atoms with Crippen LogP contribution >= 0.6 is 0 Å². The van der Waals surface area contributed by atoms with E-state index < -0.39 is 5.91 Å². The first kappa shape index (κ1) is 15.7. The van der Waals surface area contributed by atoms with E-state index in [1.54, 1.807) is 19.1 Å². The van der Waals surface area contributed by atoms with Crippen LogP contribution in [0.1, 0.15) is 29.4 Å². The summed E-state index contributed by atoms with van der Waals surface area (Å²) >= 11 is 0. The van der Waals surface area contributed by atoms with Crippen molar-refractivity contribution in [3.05, 3.63) is 29.6 Å².